The van der Waals surface area contributed by atoms with Crippen molar-refractivity contribution in [1.29, 1.82) is 0 Å². The third kappa shape index (κ3) is 4.95. The Labute approximate surface area is 190 Å². The summed E-state index contributed by atoms with van der Waals surface area (Å²) in [4.78, 5) is 25.1. The van der Waals surface area contributed by atoms with Gasteiger partial charge in [-0.05, 0) is 5.56 Å². The van der Waals surface area contributed by atoms with Gasteiger partial charge in [-0.3, -0.25) is 9.69 Å². The van der Waals surface area contributed by atoms with E-state index in [2.05, 4.69) is 44.5 Å². The highest BCUT2D eigenvalue weighted by Gasteiger charge is 2.21. The number of hydrogen-bond donors (Lipinski definition) is 1. The van der Waals surface area contributed by atoms with Crippen LogP contribution in [0.15, 0.2) is 71.3 Å². The highest BCUT2D eigenvalue weighted by molar-refractivity contribution is 7.15. The van der Waals surface area contributed by atoms with E-state index in [9.17, 15) is 4.79 Å². The largest absolute Gasteiger partial charge is 0.441 e. The summed E-state index contributed by atoms with van der Waals surface area (Å²) in [6, 6.07) is 20.3. The Bertz CT molecular complexity index is 1190. The summed E-state index contributed by atoms with van der Waals surface area (Å²) < 4.78 is 5.79. The third-order valence-corrected chi connectivity index (χ3v) is 6.48. The van der Waals surface area contributed by atoms with Gasteiger partial charge in [-0.15, -0.1) is 11.3 Å². The molecule has 0 saturated carbocycles. The van der Waals surface area contributed by atoms with Crippen molar-refractivity contribution in [3.63, 3.8) is 0 Å². The van der Waals surface area contributed by atoms with Gasteiger partial charge in [0.05, 0.1) is 11.9 Å². The lowest BCUT2D eigenvalue weighted by molar-refractivity contribution is -0.116. The van der Waals surface area contributed by atoms with Crippen LogP contribution in [0, 0.1) is 0 Å². The minimum atomic E-state index is -0.0725. The highest BCUT2D eigenvalue weighted by atomic mass is 32.1. The number of amides is 1. The highest BCUT2D eigenvalue weighted by Crippen LogP contribution is 2.29. The maximum atomic E-state index is 12.5. The van der Waals surface area contributed by atoms with E-state index in [1.807, 2.05) is 36.4 Å². The minimum absolute atomic E-state index is 0.0725. The fraction of sp³-hybridized carbons (Fsp3) is 0.240. The predicted molar refractivity (Wildman–Crippen MR) is 125 cm³/mol. The van der Waals surface area contributed by atoms with Gasteiger partial charge in [-0.2, -0.15) is 0 Å². The third-order valence-electron chi connectivity index (χ3n) is 5.48. The molecule has 32 heavy (non-hydrogen) atoms. The van der Waals surface area contributed by atoms with E-state index in [4.69, 9.17) is 4.42 Å². The van der Waals surface area contributed by atoms with E-state index in [0.717, 1.165) is 37.3 Å². The minimum Gasteiger partial charge on any atom is -0.441 e. The number of hydrogen-bond acceptors (Lipinski definition) is 6. The van der Waals surface area contributed by atoms with Crippen LogP contribution < -0.4 is 5.32 Å². The van der Waals surface area contributed by atoms with Gasteiger partial charge in [0.25, 0.3) is 0 Å². The molecule has 0 unspecified atom stereocenters. The number of aromatic nitrogens is 2. The monoisotopic (exact) mass is 444 g/mol. The molecule has 2 aromatic heterocycles. The van der Waals surface area contributed by atoms with E-state index in [0.29, 0.717) is 29.6 Å². The number of fused-ring (bicyclic) bond motifs is 1. The molecule has 1 amide bonds. The molecular weight excluding hydrogens is 420 g/mol. The van der Waals surface area contributed by atoms with Crippen molar-refractivity contribution in [2.24, 2.45) is 0 Å². The van der Waals surface area contributed by atoms with Gasteiger partial charge in [0.15, 0.2) is 16.8 Å². The Balaban J connectivity index is 1.14. The number of benzene rings is 2. The lowest BCUT2D eigenvalue weighted by Gasteiger charge is -2.25. The fourth-order valence-corrected chi connectivity index (χ4v) is 4.91. The lowest BCUT2D eigenvalue weighted by atomic mass is 10.1. The zero-order valence-corrected chi connectivity index (χ0v) is 18.5. The summed E-state index contributed by atoms with van der Waals surface area (Å²) in [6.07, 6.45) is 3.37. The summed E-state index contributed by atoms with van der Waals surface area (Å²) in [7, 11) is 0. The number of anilines is 1. The molecule has 2 aromatic carbocycles. The van der Waals surface area contributed by atoms with Gasteiger partial charge in [-0.1, -0.05) is 60.7 Å². The molecule has 0 aliphatic carbocycles. The normalized spacial score (nSPS) is 13.6. The summed E-state index contributed by atoms with van der Waals surface area (Å²) in [5, 5.41) is 3.63. The van der Waals surface area contributed by atoms with Crippen molar-refractivity contribution in [2.75, 3.05) is 11.9 Å². The molecule has 0 radical (unpaired) electrons. The van der Waals surface area contributed by atoms with Gasteiger partial charge < -0.3 is 9.73 Å². The molecule has 6 nitrogen and oxygen atoms in total. The molecule has 0 spiro atoms. The number of oxazole rings is 1. The van der Waals surface area contributed by atoms with E-state index >= 15 is 0 Å². The second-order valence-electron chi connectivity index (χ2n) is 7.87. The Hall–Kier alpha value is -3.29. The van der Waals surface area contributed by atoms with Crippen LogP contribution in [0.1, 0.15) is 28.4 Å². The van der Waals surface area contributed by atoms with Crippen molar-refractivity contribution in [3.05, 3.63) is 88.9 Å². The number of carbonyl (C=O) groups excluding carboxylic acids is 1. The Morgan fingerprint density at radius 3 is 2.69 bits per heavy atom. The zero-order chi connectivity index (χ0) is 21.8. The summed E-state index contributed by atoms with van der Waals surface area (Å²) in [5.41, 5.74) is 3.40. The molecule has 5 rings (SSSR count). The lowest BCUT2D eigenvalue weighted by Crippen LogP contribution is -2.29. The molecule has 1 aliphatic heterocycles. The zero-order valence-electron chi connectivity index (χ0n) is 17.7. The van der Waals surface area contributed by atoms with Gasteiger partial charge in [-0.25, -0.2) is 9.97 Å². The SMILES string of the molecule is O=C(CCc1ncc(-c2ccccc2)o1)Nc1nc2c(s1)CN(Cc1ccccc1)CC2. The Morgan fingerprint density at radius 1 is 1.09 bits per heavy atom. The molecule has 7 heteroatoms. The first-order valence-electron chi connectivity index (χ1n) is 10.8. The van der Waals surface area contributed by atoms with E-state index in [1.165, 1.54) is 10.4 Å². The smallest absolute Gasteiger partial charge is 0.226 e. The molecule has 4 aromatic rings. The van der Waals surface area contributed by atoms with Crippen LogP contribution in [0.3, 0.4) is 0 Å². The van der Waals surface area contributed by atoms with Crippen LogP contribution in [-0.4, -0.2) is 27.3 Å². The number of carbonyl (C=O) groups is 1. The van der Waals surface area contributed by atoms with Crippen LogP contribution in [0.25, 0.3) is 11.3 Å². The molecule has 0 fully saturated rings. The summed E-state index contributed by atoms with van der Waals surface area (Å²) in [6.45, 7) is 2.78. The maximum Gasteiger partial charge on any atom is 0.226 e. The number of thiazole rings is 1. The Morgan fingerprint density at radius 2 is 1.88 bits per heavy atom. The number of rotatable bonds is 7. The molecule has 0 saturated heterocycles. The first kappa shape index (κ1) is 20.6. The van der Waals surface area contributed by atoms with Crippen LogP contribution >= 0.6 is 11.3 Å². The van der Waals surface area contributed by atoms with Crippen molar-refractivity contribution in [1.82, 2.24) is 14.9 Å². The molecule has 3 heterocycles. The van der Waals surface area contributed by atoms with Gasteiger partial charge in [0.1, 0.15) is 0 Å². The number of aryl methyl sites for hydroxylation is 1. The molecule has 0 bridgehead atoms. The van der Waals surface area contributed by atoms with Crippen molar-refractivity contribution in [2.45, 2.75) is 32.4 Å². The molecule has 162 valence electrons. The summed E-state index contributed by atoms with van der Waals surface area (Å²) in [5.74, 6) is 1.21. The molecule has 1 aliphatic rings. The second kappa shape index (κ2) is 9.46. The standard InChI is InChI=1S/C25H24N4O2S/c30-23(11-12-24-26-15-21(31-24)19-9-5-2-6-10-19)28-25-27-20-13-14-29(17-22(20)32-25)16-18-7-3-1-4-8-18/h1-10,15H,11-14,16-17H2,(H,27,28,30). The van der Waals surface area contributed by atoms with E-state index < -0.39 is 0 Å². The summed E-state index contributed by atoms with van der Waals surface area (Å²) >= 11 is 1.58. The van der Waals surface area contributed by atoms with Crippen molar-refractivity contribution in [3.8, 4) is 11.3 Å². The average Bonchev–Trinajstić information content (AvgIpc) is 3.45. The van der Waals surface area contributed by atoms with Crippen LogP contribution in [0.4, 0.5) is 5.13 Å². The van der Waals surface area contributed by atoms with Crippen LogP contribution in [0.5, 0.6) is 0 Å². The first-order chi connectivity index (χ1) is 15.7. The van der Waals surface area contributed by atoms with Crippen LogP contribution in [-0.2, 0) is 30.7 Å². The number of nitrogens with one attached hydrogen (secondary N) is 1. The average molecular weight is 445 g/mol. The molecular formula is C25H24N4O2S. The Kier molecular flexibility index (Phi) is 6.09. The second-order valence-corrected chi connectivity index (χ2v) is 8.95. The fourth-order valence-electron chi connectivity index (χ4n) is 3.84. The van der Waals surface area contributed by atoms with E-state index in [1.54, 1.807) is 17.5 Å². The van der Waals surface area contributed by atoms with E-state index in [-0.39, 0.29) is 5.91 Å². The first-order valence-corrected chi connectivity index (χ1v) is 11.6. The van der Waals surface area contributed by atoms with Gasteiger partial charge in [0.2, 0.25) is 5.91 Å². The molecule has 1 N–H and O–H groups in total. The predicted octanol–water partition coefficient (Wildman–Crippen LogP) is 4.93. The van der Waals surface area contributed by atoms with Crippen LogP contribution in [0.2, 0.25) is 0 Å². The van der Waals surface area contributed by atoms with Crippen molar-refractivity contribution < 1.29 is 9.21 Å². The van der Waals surface area contributed by atoms with Crippen molar-refractivity contribution >= 4 is 22.4 Å². The quantitative estimate of drug-likeness (QED) is 0.438. The maximum absolute atomic E-state index is 12.5. The topological polar surface area (TPSA) is 71.3 Å². The number of nitrogens with zero attached hydrogens (tertiary/aromatic N) is 3. The molecule has 0 atom stereocenters. The van der Waals surface area contributed by atoms with Gasteiger partial charge in [0, 0.05) is 49.3 Å². The van der Waals surface area contributed by atoms with Gasteiger partial charge >= 0.3 is 0 Å².